The van der Waals surface area contributed by atoms with Crippen LogP contribution in [0.3, 0.4) is 0 Å². The largest absolute Gasteiger partial charge is 0.412 e. The van der Waals surface area contributed by atoms with Crippen LogP contribution in [-0.4, -0.2) is 12.1 Å². The van der Waals surface area contributed by atoms with Gasteiger partial charge in [0.15, 0.2) is 0 Å². The molecule has 2 rings (SSSR count). The first-order valence-corrected chi connectivity index (χ1v) is 6.11. The number of ether oxygens (including phenoxy) is 1. The molecule has 1 atom stereocenters. The van der Waals surface area contributed by atoms with Crippen molar-refractivity contribution in [2.24, 2.45) is 5.41 Å². The fourth-order valence-electron chi connectivity index (χ4n) is 2.36. The molecule has 0 saturated heterocycles. The number of nitrogens with one attached hydrogen (secondary N) is 1. The van der Waals surface area contributed by atoms with Crippen LogP contribution in [0.5, 0.6) is 5.75 Å². The van der Waals surface area contributed by atoms with Gasteiger partial charge in [-0.15, -0.1) is 0 Å². The van der Waals surface area contributed by atoms with Crippen LogP contribution >= 0.6 is 0 Å². The third-order valence-corrected chi connectivity index (χ3v) is 3.50. The summed E-state index contributed by atoms with van der Waals surface area (Å²) in [7, 11) is 0. The van der Waals surface area contributed by atoms with Crippen LogP contribution in [0.1, 0.15) is 33.1 Å². The Kier molecular flexibility index (Phi) is 3.36. The maximum absolute atomic E-state index is 11.7. The number of carbonyl (C=O) groups excluding carboxylic acids is 1. The average molecular weight is 233 g/mol. The molecule has 0 spiro atoms. The summed E-state index contributed by atoms with van der Waals surface area (Å²) in [4.78, 5) is 11.7. The van der Waals surface area contributed by atoms with Gasteiger partial charge in [-0.3, -0.25) is 0 Å². The molecule has 0 radical (unpaired) electrons. The van der Waals surface area contributed by atoms with Crippen LogP contribution in [0.15, 0.2) is 30.3 Å². The molecular weight excluding hydrogens is 214 g/mol. The van der Waals surface area contributed by atoms with E-state index in [9.17, 15) is 4.79 Å². The van der Waals surface area contributed by atoms with Crippen molar-refractivity contribution in [2.45, 2.75) is 39.2 Å². The number of hydrogen-bond donors (Lipinski definition) is 1. The predicted octanol–water partition coefficient (Wildman–Crippen LogP) is 3.35. The van der Waals surface area contributed by atoms with E-state index in [1.165, 1.54) is 6.42 Å². The molecule has 1 aliphatic carbocycles. The zero-order chi connectivity index (χ0) is 12.3. The molecule has 1 saturated carbocycles. The summed E-state index contributed by atoms with van der Waals surface area (Å²) in [5.74, 6) is 0.584. The normalized spacial score (nSPS) is 22.1. The topological polar surface area (TPSA) is 38.3 Å². The van der Waals surface area contributed by atoms with E-state index in [1.54, 1.807) is 12.1 Å². The third kappa shape index (κ3) is 2.99. The Balaban J connectivity index is 1.90. The van der Waals surface area contributed by atoms with Gasteiger partial charge >= 0.3 is 6.09 Å². The Morgan fingerprint density at radius 1 is 1.35 bits per heavy atom. The number of carbonyl (C=O) groups is 1. The van der Waals surface area contributed by atoms with Gasteiger partial charge in [0, 0.05) is 6.04 Å². The molecule has 1 unspecified atom stereocenters. The van der Waals surface area contributed by atoms with Crippen LogP contribution < -0.4 is 10.1 Å². The molecule has 1 amide bonds. The highest BCUT2D eigenvalue weighted by Gasteiger charge is 2.35. The fourth-order valence-corrected chi connectivity index (χ4v) is 2.36. The number of rotatable bonds is 2. The van der Waals surface area contributed by atoms with Crippen molar-refractivity contribution in [3.63, 3.8) is 0 Å². The summed E-state index contributed by atoms with van der Waals surface area (Å²) in [5, 5.41) is 2.96. The number of para-hydroxylation sites is 1. The van der Waals surface area contributed by atoms with Crippen molar-refractivity contribution in [3.05, 3.63) is 30.3 Å². The summed E-state index contributed by atoms with van der Waals surface area (Å²) in [6.45, 7) is 4.38. The van der Waals surface area contributed by atoms with E-state index in [0.29, 0.717) is 5.75 Å². The van der Waals surface area contributed by atoms with Gasteiger partial charge in [0.2, 0.25) is 0 Å². The summed E-state index contributed by atoms with van der Waals surface area (Å²) >= 11 is 0. The van der Waals surface area contributed by atoms with Crippen LogP contribution in [-0.2, 0) is 0 Å². The first kappa shape index (κ1) is 12.0. The van der Waals surface area contributed by atoms with Crippen molar-refractivity contribution in [1.29, 1.82) is 0 Å². The van der Waals surface area contributed by atoms with Crippen LogP contribution in [0.25, 0.3) is 0 Å². The molecular formula is C14H19NO2. The van der Waals surface area contributed by atoms with E-state index in [0.717, 1.165) is 12.8 Å². The molecule has 1 aromatic carbocycles. The molecule has 17 heavy (non-hydrogen) atoms. The molecule has 1 aromatic rings. The van der Waals surface area contributed by atoms with Crippen LogP contribution in [0, 0.1) is 5.41 Å². The van der Waals surface area contributed by atoms with Crippen LogP contribution in [0.2, 0.25) is 0 Å². The Bertz CT molecular complexity index is 386. The lowest BCUT2D eigenvalue weighted by Crippen LogP contribution is -2.42. The zero-order valence-electron chi connectivity index (χ0n) is 10.4. The zero-order valence-corrected chi connectivity index (χ0v) is 10.4. The van der Waals surface area contributed by atoms with E-state index in [-0.39, 0.29) is 17.6 Å². The van der Waals surface area contributed by atoms with Crippen molar-refractivity contribution in [1.82, 2.24) is 5.32 Å². The smallest absolute Gasteiger partial charge is 0.410 e. The fraction of sp³-hybridized carbons (Fsp3) is 0.500. The summed E-state index contributed by atoms with van der Waals surface area (Å²) in [6, 6.07) is 9.37. The maximum atomic E-state index is 11.7. The molecule has 0 bridgehead atoms. The quantitative estimate of drug-likeness (QED) is 0.850. The second-order valence-corrected chi connectivity index (χ2v) is 5.28. The summed E-state index contributed by atoms with van der Waals surface area (Å²) < 4.78 is 5.22. The SMILES string of the molecule is CC1(C)CCCC1NC(=O)Oc1ccccc1. The van der Waals surface area contributed by atoms with Gasteiger partial charge in [0.05, 0.1) is 0 Å². The van der Waals surface area contributed by atoms with Gasteiger partial charge in [-0.25, -0.2) is 4.79 Å². The monoisotopic (exact) mass is 233 g/mol. The molecule has 0 aromatic heterocycles. The predicted molar refractivity (Wildman–Crippen MR) is 67.0 cm³/mol. The first-order chi connectivity index (χ1) is 8.08. The van der Waals surface area contributed by atoms with Gasteiger partial charge in [-0.2, -0.15) is 0 Å². The molecule has 1 N–H and O–H groups in total. The van der Waals surface area contributed by atoms with Crippen molar-refractivity contribution in [3.8, 4) is 5.75 Å². The highest BCUT2D eigenvalue weighted by molar-refractivity contribution is 5.70. The molecule has 1 aliphatic rings. The van der Waals surface area contributed by atoms with E-state index in [2.05, 4.69) is 19.2 Å². The van der Waals surface area contributed by atoms with Crippen molar-refractivity contribution >= 4 is 6.09 Å². The average Bonchev–Trinajstić information content (AvgIpc) is 2.59. The Morgan fingerprint density at radius 2 is 2.06 bits per heavy atom. The summed E-state index contributed by atoms with van der Waals surface area (Å²) in [6.07, 6.45) is 3.01. The number of hydrogen-bond acceptors (Lipinski definition) is 2. The van der Waals surface area contributed by atoms with E-state index < -0.39 is 0 Å². The first-order valence-electron chi connectivity index (χ1n) is 6.11. The molecule has 1 fully saturated rings. The number of benzene rings is 1. The van der Waals surface area contributed by atoms with E-state index in [1.807, 2.05) is 18.2 Å². The molecule has 0 heterocycles. The second kappa shape index (κ2) is 4.78. The minimum atomic E-state index is -0.351. The lowest BCUT2D eigenvalue weighted by molar-refractivity contribution is 0.184. The highest BCUT2D eigenvalue weighted by Crippen LogP contribution is 2.37. The van der Waals surface area contributed by atoms with Crippen LogP contribution in [0.4, 0.5) is 4.79 Å². The Labute approximate surface area is 102 Å². The highest BCUT2D eigenvalue weighted by atomic mass is 16.6. The van der Waals surface area contributed by atoms with Gasteiger partial charge in [0.1, 0.15) is 5.75 Å². The lowest BCUT2D eigenvalue weighted by atomic mass is 9.87. The third-order valence-electron chi connectivity index (χ3n) is 3.50. The Hall–Kier alpha value is -1.51. The minimum absolute atomic E-state index is 0.176. The van der Waals surface area contributed by atoms with E-state index >= 15 is 0 Å². The summed E-state index contributed by atoms with van der Waals surface area (Å²) in [5.41, 5.74) is 0.176. The Morgan fingerprint density at radius 3 is 2.65 bits per heavy atom. The van der Waals surface area contributed by atoms with Gasteiger partial charge in [-0.1, -0.05) is 38.5 Å². The maximum Gasteiger partial charge on any atom is 0.412 e. The van der Waals surface area contributed by atoms with Gasteiger partial charge in [-0.05, 0) is 30.4 Å². The molecule has 0 aliphatic heterocycles. The van der Waals surface area contributed by atoms with Gasteiger partial charge in [0.25, 0.3) is 0 Å². The number of amides is 1. The molecule has 3 heteroatoms. The van der Waals surface area contributed by atoms with Crippen molar-refractivity contribution in [2.75, 3.05) is 0 Å². The lowest BCUT2D eigenvalue weighted by Gasteiger charge is -2.27. The molecule has 3 nitrogen and oxygen atoms in total. The van der Waals surface area contributed by atoms with Gasteiger partial charge < -0.3 is 10.1 Å². The standard InChI is InChI=1S/C14H19NO2/c1-14(2)10-6-9-12(14)15-13(16)17-11-7-4-3-5-8-11/h3-5,7-8,12H,6,9-10H2,1-2H3,(H,15,16). The van der Waals surface area contributed by atoms with Crippen molar-refractivity contribution < 1.29 is 9.53 Å². The van der Waals surface area contributed by atoms with E-state index in [4.69, 9.17) is 4.74 Å². The minimum Gasteiger partial charge on any atom is -0.410 e. The molecule has 92 valence electrons. The second-order valence-electron chi connectivity index (χ2n) is 5.28.